The van der Waals surface area contributed by atoms with Crippen molar-refractivity contribution in [3.05, 3.63) is 58.9 Å². The fraction of sp³-hybridized carbons (Fsp3) is 0.368. The molecule has 0 unspecified atom stereocenters. The van der Waals surface area contributed by atoms with Crippen LogP contribution in [0.25, 0.3) is 0 Å². The number of anilines is 2. The third-order valence-corrected chi connectivity index (χ3v) is 4.60. The molecule has 0 fully saturated rings. The average molecular weight is 298 g/mol. The Morgan fingerprint density at radius 3 is 2.41 bits per heavy atom. The molecule has 1 heterocycles. The molecule has 1 N–H and O–H groups in total. The molecule has 0 atom stereocenters. The predicted molar refractivity (Wildman–Crippen MR) is 91.1 cm³/mol. The molecule has 0 aromatic heterocycles. The standard InChI is InChI=1S/C19H23FN2/c1-13-9-17-18(10-14(13)2)22(19(3,4)12-21-17)11-15-5-7-16(20)8-6-15/h5-10,21H,11-12H2,1-4H3. The van der Waals surface area contributed by atoms with Crippen molar-refractivity contribution in [1.29, 1.82) is 0 Å². The number of fused-ring (bicyclic) bond motifs is 1. The van der Waals surface area contributed by atoms with Crippen LogP contribution in [0.2, 0.25) is 0 Å². The fourth-order valence-corrected chi connectivity index (χ4v) is 2.97. The maximum absolute atomic E-state index is 13.1. The van der Waals surface area contributed by atoms with E-state index >= 15 is 0 Å². The first kappa shape index (κ1) is 14.9. The van der Waals surface area contributed by atoms with E-state index in [1.165, 1.54) is 34.6 Å². The Hall–Kier alpha value is -2.03. The van der Waals surface area contributed by atoms with Crippen LogP contribution in [0.1, 0.15) is 30.5 Å². The molecule has 116 valence electrons. The van der Waals surface area contributed by atoms with E-state index in [0.29, 0.717) is 0 Å². The highest BCUT2D eigenvalue weighted by molar-refractivity contribution is 5.75. The highest BCUT2D eigenvalue weighted by atomic mass is 19.1. The van der Waals surface area contributed by atoms with Gasteiger partial charge in [-0.2, -0.15) is 0 Å². The molecule has 2 aromatic carbocycles. The Kier molecular flexibility index (Phi) is 3.59. The van der Waals surface area contributed by atoms with Crippen molar-refractivity contribution in [2.75, 3.05) is 16.8 Å². The maximum Gasteiger partial charge on any atom is 0.123 e. The van der Waals surface area contributed by atoms with Crippen LogP contribution in [0.5, 0.6) is 0 Å². The maximum atomic E-state index is 13.1. The van der Waals surface area contributed by atoms with Crippen LogP contribution in [-0.4, -0.2) is 12.1 Å². The number of hydrogen-bond donors (Lipinski definition) is 1. The quantitative estimate of drug-likeness (QED) is 0.868. The predicted octanol–water partition coefficient (Wildman–Crippen LogP) is 4.65. The molecular weight excluding hydrogens is 275 g/mol. The van der Waals surface area contributed by atoms with Crippen LogP contribution in [-0.2, 0) is 6.54 Å². The van der Waals surface area contributed by atoms with Crippen molar-refractivity contribution in [3.63, 3.8) is 0 Å². The minimum absolute atomic E-state index is 0.00306. The van der Waals surface area contributed by atoms with E-state index in [1.54, 1.807) is 0 Å². The van der Waals surface area contributed by atoms with E-state index < -0.39 is 0 Å². The largest absolute Gasteiger partial charge is 0.381 e. The molecule has 0 bridgehead atoms. The summed E-state index contributed by atoms with van der Waals surface area (Å²) in [6.07, 6.45) is 0. The van der Waals surface area contributed by atoms with Crippen molar-refractivity contribution in [3.8, 4) is 0 Å². The van der Waals surface area contributed by atoms with Crippen LogP contribution < -0.4 is 10.2 Å². The van der Waals surface area contributed by atoms with Crippen LogP contribution in [0.15, 0.2) is 36.4 Å². The molecule has 22 heavy (non-hydrogen) atoms. The summed E-state index contributed by atoms with van der Waals surface area (Å²) in [6, 6.07) is 11.3. The average Bonchev–Trinajstić information content (AvgIpc) is 2.46. The molecule has 0 radical (unpaired) electrons. The van der Waals surface area contributed by atoms with Crippen molar-refractivity contribution < 1.29 is 4.39 Å². The van der Waals surface area contributed by atoms with Gasteiger partial charge in [0.05, 0.1) is 16.9 Å². The van der Waals surface area contributed by atoms with Crippen LogP contribution in [0, 0.1) is 19.7 Å². The first-order valence-corrected chi connectivity index (χ1v) is 7.74. The van der Waals surface area contributed by atoms with Gasteiger partial charge in [-0.1, -0.05) is 12.1 Å². The minimum Gasteiger partial charge on any atom is -0.381 e. The Balaban J connectivity index is 2.01. The van der Waals surface area contributed by atoms with E-state index in [4.69, 9.17) is 0 Å². The van der Waals surface area contributed by atoms with Crippen molar-refractivity contribution >= 4 is 11.4 Å². The Labute approximate surface area is 132 Å². The fourth-order valence-electron chi connectivity index (χ4n) is 2.97. The topological polar surface area (TPSA) is 15.3 Å². The Bertz CT molecular complexity index is 689. The second-order valence-electron chi connectivity index (χ2n) is 6.83. The molecule has 0 aliphatic carbocycles. The molecule has 1 aliphatic heterocycles. The van der Waals surface area contributed by atoms with E-state index in [0.717, 1.165) is 18.7 Å². The number of aryl methyl sites for hydroxylation is 2. The summed E-state index contributed by atoms with van der Waals surface area (Å²) in [6.45, 7) is 10.4. The zero-order valence-electron chi connectivity index (χ0n) is 13.7. The van der Waals surface area contributed by atoms with Crippen molar-refractivity contribution in [2.24, 2.45) is 0 Å². The third kappa shape index (κ3) is 2.68. The molecule has 0 amide bonds. The van der Waals surface area contributed by atoms with Gasteiger partial charge in [-0.05, 0) is 68.7 Å². The summed E-state index contributed by atoms with van der Waals surface area (Å²) in [5.41, 5.74) is 6.13. The van der Waals surface area contributed by atoms with Gasteiger partial charge in [0.15, 0.2) is 0 Å². The number of halogens is 1. The van der Waals surface area contributed by atoms with Crippen molar-refractivity contribution in [2.45, 2.75) is 39.8 Å². The molecular formula is C19H23FN2. The smallest absolute Gasteiger partial charge is 0.123 e. The Morgan fingerprint density at radius 2 is 1.73 bits per heavy atom. The van der Waals surface area contributed by atoms with Gasteiger partial charge in [0.2, 0.25) is 0 Å². The number of nitrogens with one attached hydrogen (secondary N) is 1. The van der Waals surface area contributed by atoms with Crippen molar-refractivity contribution in [1.82, 2.24) is 0 Å². The second-order valence-corrected chi connectivity index (χ2v) is 6.83. The van der Waals surface area contributed by atoms with Crippen LogP contribution >= 0.6 is 0 Å². The highest BCUT2D eigenvalue weighted by Gasteiger charge is 2.32. The van der Waals surface area contributed by atoms with Crippen LogP contribution in [0.4, 0.5) is 15.8 Å². The van der Waals surface area contributed by atoms with E-state index in [1.807, 2.05) is 12.1 Å². The zero-order valence-corrected chi connectivity index (χ0v) is 13.7. The number of benzene rings is 2. The SMILES string of the molecule is Cc1cc2c(cc1C)N(Cc1ccc(F)cc1)C(C)(C)CN2. The summed E-state index contributed by atoms with van der Waals surface area (Å²) >= 11 is 0. The first-order chi connectivity index (χ1) is 10.4. The molecule has 0 spiro atoms. The molecule has 2 nitrogen and oxygen atoms in total. The van der Waals surface area contributed by atoms with Crippen LogP contribution in [0.3, 0.4) is 0 Å². The molecule has 0 saturated carbocycles. The number of rotatable bonds is 2. The highest BCUT2D eigenvalue weighted by Crippen LogP contribution is 2.38. The molecule has 2 aromatic rings. The van der Waals surface area contributed by atoms with Gasteiger partial charge in [0.1, 0.15) is 5.82 Å². The molecule has 3 rings (SSSR count). The summed E-state index contributed by atoms with van der Waals surface area (Å²) in [5.74, 6) is -0.185. The number of nitrogens with zero attached hydrogens (tertiary/aromatic N) is 1. The van der Waals surface area contributed by atoms with Gasteiger partial charge in [0.25, 0.3) is 0 Å². The van der Waals surface area contributed by atoms with Gasteiger partial charge >= 0.3 is 0 Å². The minimum atomic E-state index is -0.185. The lowest BCUT2D eigenvalue weighted by Crippen LogP contribution is -2.51. The van der Waals surface area contributed by atoms with Gasteiger partial charge < -0.3 is 10.2 Å². The van der Waals surface area contributed by atoms with Gasteiger partial charge in [0, 0.05) is 13.1 Å². The van der Waals surface area contributed by atoms with E-state index in [2.05, 4.69) is 50.0 Å². The summed E-state index contributed by atoms with van der Waals surface area (Å²) < 4.78 is 13.1. The Morgan fingerprint density at radius 1 is 1.09 bits per heavy atom. The summed E-state index contributed by atoms with van der Waals surface area (Å²) in [4.78, 5) is 2.42. The molecule has 3 heteroatoms. The lowest BCUT2D eigenvalue weighted by Gasteiger charge is -2.46. The zero-order chi connectivity index (χ0) is 15.9. The van der Waals surface area contributed by atoms with Gasteiger partial charge in [-0.15, -0.1) is 0 Å². The van der Waals surface area contributed by atoms with E-state index in [9.17, 15) is 4.39 Å². The lowest BCUT2D eigenvalue weighted by atomic mass is 9.94. The van der Waals surface area contributed by atoms with E-state index in [-0.39, 0.29) is 11.4 Å². The first-order valence-electron chi connectivity index (χ1n) is 7.74. The second kappa shape index (κ2) is 5.31. The monoisotopic (exact) mass is 298 g/mol. The normalized spacial score (nSPS) is 16.1. The number of hydrogen-bond acceptors (Lipinski definition) is 2. The molecule has 0 saturated heterocycles. The lowest BCUT2D eigenvalue weighted by molar-refractivity contribution is 0.469. The molecule has 1 aliphatic rings. The third-order valence-electron chi connectivity index (χ3n) is 4.60. The summed E-state index contributed by atoms with van der Waals surface area (Å²) in [7, 11) is 0. The summed E-state index contributed by atoms with van der Waals surface area (Å²) in [5, 5.41) is 3.54. The van der Waals surface area contributed by atoms with Gasteiger partial charge in [-0.25, -0.2) is 4.39 Å². The van der Waals surface area contributed by atoms with Gasteiger partial charge in [-0.3, -0.25) is 0 Å².